The SMILES string of the molecule is CCCCCNC(=O)C(C)Oc1ccccc1C. The summed E-state index contributed by atoms with van der Waals surface area (Å²) in [5.74, 6) is 0.725. The van der Waals surface area contributed by atoms with Crippen molar-refractivity contribution in [2.75, 3.05) is 6.54 Å². The highest BCUT2D eigenvalue weighted by atomic mass is 16.5. The summed E-state index contributed by atoms with van der Waals surface area (Å²) in [6.07, 6.45) is 2.88. The van der Waals surface area contributed by atoms with Crippen molar-refractivity contribution in [1.29, 1.82) is 0 Å². The molecule has 0 aromatic heterocycles. The number of nitrogens with one attached hydrogen (secondary N) is 1. The summed E-state index contributed by atoms with van der Waals surface area (Å²) < 4.78 is 5.65. The molecule has 0 saturated carbocycles. The fourth-order valence-electron chi connectivity index (χ4n) is 1.66. The van der Waals surface area contributed by atoms with Gasteiger partial charge in [-0.05, 0) is 31.9 Å². The minimum absolute atomic E-state index is 0.0469. The molecule has 1 unspecified atom stereocenters. The normalized spacial score (nSPS) is 11.9. The minimum Gasteiger partial charge on any atom is -0.481 e. The van der Waals surface area contributed by atoms with Crippen molar-refractivity contribution in [3.05, 3.63) is 29.8 Å². The van der Waals surface area contributed by atoms with Gasteiger partial charge in [-0.25, -0.2) is 0 Å². The first-order valence-electron chi connectivity index (χ1n) is 6.65. The maximum atomic E-state index is 11.8. The van der Waals surface area contributed by atoms with Gasteiger partial charge < -0.3 is 10.1 Å². The van der Waals surface area contributed by atoms with Crippen molar-refractivity contribution < 1.29 is 9.53 Å². The smallest absolute Gasteiger partial charge is 0.260 e. The highest BCUT2D eigenvalue weighted by Gasteiger charge is 2.14. The van der Waals surface area contributed by atoms with Gasteiger partial charge in [-0.2, -0.15) is 0 Å². The van der Waals surface area contributed by atoms with Crippen LogP contribution in [0.1, 0.15) is 38.7 Å². The lowest BCUT2D eigenvalue weighted by Crippen LogP contribution is -2.36. The lowest BCUT2D eigenvalue weighted by molar-refractivity contribution is -0.127. The van der Waals surface area contributed by atoms with E-state index in [-0.39, 0.29) is 5.91 Å². The van der Waals surface area contributed by atoms with Crippen molar-refractivity contribution >= 4 is 5.91 Å². The van der Waals surface area contributed by atoms with Crippen LogP contribution in [0, 0.1) is 6.92 Å². The Labute approximate surface area is 110 Å². The predicted molar refractivity (Wildman–Crippen MR) is 73.8 cm³/mol. The first-order valence-corrected chi connectivity index (χ1v) is 6.65. The molecule has 0 saturated heterocycles. The van der Waals surface area contributed by atoms with E-state index in [1.807, 2.05) is 31.2 Å². The second-order valence-electron chi connectivity index (χ2n) is 4.52. The highest BCUT2D eigenvalue weighted by molar-refractivity contribution is 5.80. The Bertz CT molecular complexity index is 377. The van der Waals surface area contributed by atoms with Crippen molar-refractivity contribution in [2.45, 2.75) is 46.1 Å². The molecule has 3 nitrogen and oxygen atoms in total. The van der Waals surface area contributed by atoms with E-state index in [4.69, 9.17) is 4.74 Å². The molecule has 0 fully saturated rings. The number of hydrogen-bond acceptors (Lipinski definition) is 2. The van der Waals surface area contributed by atoms with Crippen molar-refractivity contribution in [3.8, 4) is 5.75 Å². The predicted octanol–water partition coefficient (Wildman–Crippen LogP) is 3.07. The van der Waals surface area contributed by atoms with E-state index in [0.717, 1.165) is 37.1 Å². The number of carbonyl (C=O) groups excluding carboxylic acids is 1. The number of unbranched alkanes of at least 4 members (excludes halogenated alkanes) is 2. The van der Waals surface area contributed by atoms with E-state index in [1.165, 1.54) is 0 Å². The average Bonchev–Trinajstić information content (AvgIpc) is 2.37. The average molecular weight is 249 g/mol. The second-order valence-corrected chi connectivity index (χ2v) is 4.52. The monoisotopic (exact) mass is 249 g/mol. The quantitative estimate of drug-likeness (QED) is 0.754. The first-order chi connectivity index (χ1) is 8.65. The zero-order valence-corrected chi connectivity index (χ0v) is 11.5. The molecule has 0 bridgehead atoms. The van der Waals surface area contributed by atoms with Crippen LogP contribution < -0.4 is 10.1 Å². The Morgan fingerprint density at radius 3 is 2.72 bits per heavy atom. The van der Waals surface area contributed by atoms with Crippen LogP contribution in [0.5, 0.6) is 5.75 Å². The Balaban J connectivity index is 2.38. The topological polar surface area (TPSA) is 38.3 Å². The Kier molecular flexibility index (Phi) is 6.26. The van der Waals surface area contributed by atoms with E-state index < -0.39 is 6.10 Å². The number of benzene rings is 1. The molecule has 1 atom stereocenters. The van der Waals surface area contributed by atoms with Gasteiger partial charge in [0.1, 0.15) is 5.75 Å². The number of amides is 1. The number of aryl methyl sites for hydroxylation is 1. The number of ether oxygens (including phenoxy) is 1. The minimum atomic E-state index is -0.451. The summed E-state index contributed by atoms with van der Waals surface area (Å²) in [7, 11) is 0. The van der Waals surface area contributed by atoms with Gasteiger partial charge in [0.2, 0.25) is 0 Å². The zero-order chi connectivity index (χ0) is 13.4. The maximum absolute atomic E-state index is 11.8. The molecule has 1 amide bonds. The van der Waals surface area contributed by atoms with Crippen molar-refractivity contribution in [3.63, 3.8) is 0 Å². The van der Waals surface area contributed by atoms with Crippen LogP contribution in [0.15, 0.2) is 24.3 Å². The van der Waals surface area contributed by atoms with Crippen LogP contribution in [-0.2, 0) is 4.79 Å². The van der Waals surface area contributed by atoms with E-state index >= 15 is 0 Å². The molecule has 0 heterocycles. The van der Waals surface area contributed by atoms with E-state index in [9.17, 15) is 4.79 Å². The molecular weight excluding hydrogens is 226 g/mol. The molecule has 0 spiro atoms. The Morgan fingerprint density at radius 1 is 1.33 bits per heavy atom. The molecule has 0 radical (unpaired) electrons. The molecule has 100 valence electrons. The molecule has 1 rings (SSSR count). The summed E-state index contributed by atoms with van der Waals surface area (Å²) >= 11 is 0. The van der Waals surface area contributed by atoms with Crippen molar-refractivity contribution in [2.24, 2.45) is 0 Å². The lowest BCUT2D eigenvalue weighted by atomic mass is 10.2. The Morgan fingerprint density at radius 2 is 2.06 bits per heavy atom. The third-order valence-electron chi connectivity index (χ3n) is 2.85. The summed E-state index contributed by atoms with van der Waals surface area (Å²) in [5, 5.41) is 2.89. The van der Waals surface area contributed by atoms with Crippen molar-refractivity contribution in [1.82, 2.24) is 5.32 Å². The molecule has 0 aliphatic heterocycles. The van der Waals surface area contributed by atoms with Gasteiger partial charge >= 0.3 is 0 Å². The molecule has 1 aromatic carbocycles. The fraction of sp³-hybridized carbons (Fsp3) is 0.533. The number of hydrogen-bond donors (Lipinski definition) is 1. The summed E-state index contributed by atoms with van der Waals surface area (Å²) in [5.41, 5.74) is 1.04. The van der Waals surface area contributed by atoms with Gasteiger partial charge in [0.15, 0.2) is 6.10 Å². The van der Waals surface area contributed by atoms with Gasteiger partial charge in [-0.15, -0.1) is 0 Å². The summed E-state index contributed by atoms with van der Waals surface area (Å²) in [6.45, 7) is 6.63. The van der Waals surface area contributed by atoms with Gasteiger partial charge in [-0.3, -0.25) is 4.79 Å². The van der Waals surface area contributed by atoms with Gasteiger partial charge in [-0.1, -0.05) is 38.0 Å². The van der Waals surface area contributed by atoms with Crippen LogP contribution in [0.4, 0.5) is 0 Å². The van der Waals surface area contributed by atoms with Gasteiger partial charge in [0.25, 0.3) is 5.91 Å². The molecule has 0 aliphatic carbocycles. The largest absolute Gasteiger partial charge is 0.481 e. The zero-order valence-electron chi connectivity index (χ0n) is 11.5. The highest BCUT2D eigenvalue weighted by Crippen LogP contribution is 2.17. The summed E-state index contributed by atoms with van der Waals surface area (Å²) in [6, 6.07) is 7.73. The summed E-state index contributed by atoms with van der Waals surface area (Å²) in [4.78, 5) is 11.8. The second kappa shape index (κ2) is 7.75. The van der Waals surface area contributed by atoms with E-state index in [1.54, 1.807) is 6.92 Å². The number of rotatable bonds is 7. The molecule has 1 aromatic rings. The van der Waals surface area contributed by atoms with Crippen LogP contribution in [0.25, 0.3) is 0 Å². The molecule has 18 heavy (non-hydrogen) atoms. The first kappa shape index (κ1) is 14.6. The van der Waals surface area contributed by atoms with E-state index in [2.05, 4.69) is 12.2 Å². The van der Waals surface area contributed by atoms with Crippen LogP contribution >= 0.6 is 0 Å². The van der Waals surface area contributed by atoms with Crippen LogP contribution in [0.2, 0.25) is 0 Å². The molecular formula is C15H23NO2. The lowest BCUT2D eigenvalue weighted by Gasteiger charge is -2.16. The van der Waals surface area contributed by atoms with Crippen LogP contribution in [-0.4, -0.2) is 18.6 Å². The van der Waals surface area contributed by atoms with Crippen LogP contribution in [0.3, 0.4) is 0 Å². The van der Waals surface area contributed by atoms with Gasteiger partial charge in [0, 0.05) is 6.54 Å². The van der Waals surface area contributed by atoms with E-state index in [0.29, 0.717) is 0 Å². The molecule has 0 aliphatic rings. The van der Waals surface area contributed by atoms with Gasteiger partial charge in [0.05, 0.1) is 0 Å². The number of carbonyl (C=O) groups is 1. The molecule has 1 N–H and O–H groups in total. The third-order valence-corrected chi connectivity index (χ3v) is 2.85. The Hall–Kier alpha value is -1.51. The molecule has 3 heteroatoms. The fourth-order valence-corrected chi connectivity index (χ4v) is 1.66. The maximum Gasteiger partial charge on any atom is 0.260 e. The standard InChI is InChI=1S/C15H23NO2/c1-4-5-8-11-16-15(17)13(3)18-14-10-7-6-9-12(14)2/h6-7,9-10,13H,4-5,8,11H2,1-3H3,(H,16,17). The third kappa shape index (κ3) is 4.78. The number of para-hydroxylation sites is 1.